The van der Waals surface area contributed by atoms with Crippen LogP contribution in [0.2, 0.25) is 0 Å². The molecule has 238 valence electrons. The Labute approximate surface area is 255 Å². The third kappa shape index (κ3) is 12.9. The molecular formula is C34H49NO8. The smallest absolute Gasteiger partial charge is 0.330 e. The van der Waals surface area contributed by atoms with Crippen molar-refractivity contribution in [3.8, 4) is 0 Å². The molecule has 0 aliphatic carbocycles. The molecule has 0 spiro atoms. The molecule has 0 saturated carbocycles. The van der Waals surface area contributed by atoms with Crippen LogP contribution in [0.1, 0.15) is 78.3 Å². The monoisotopic (exact) mass is 599 g/mol. The molecule has 1 aliphatic rings. The van der Waals surface area contributed by atoms with Crippen LogP contribution in [-0.2, 0) is 14.3 Å². The topological polar surface area (TPSA) is 150 Å². The maximum atomic E-state index is 12.8. The van der Waals surface area contributed by atoms with Crippen LogP contribution in [0.25, 0.3) is 6.08 Å². The molecule has 9 heteroatoms. The molecule has 4 N–H and O–H groups in total. The van der Waals surface area contributed by atoms with Gasteiger partial charge in [0.05, 0.1) is 18.3 Å². The fourth-order valence-corrected chi connectivity index (χ4v) is 5.04. The molecule has 8 atom stereocenters. The first-order valence-corrected chi connectivity index (χ1v) is 15.0. The second kappa shape index (κ2) is 17.8. The Morgan fingerprint density at radius 2 is 1.86 bits per heavy atom. The number of aryl methyl sites for hydroxylation is 1. The summed E-state index contributed by atoms with van der Waals surface area (Å²) >= 11 is 0. The van der Waals surface area contributed by atoms with Crippen molar-refractivity contribution in [1.29, 1.82) is 0 Å². The molecule has 1 unspecified atom stereocenters. The summed E-state index contributed by atoms with van der Waals surface area (Å²) in [5, 5.41) is 42.1. The molecule has 1 aromatic heterocycles. The SMILES string of the molecule is CC(/C=C/C=C(\C)[C@H](O)[C@@H](C)C1C[C@H](O)[C@H](C)C/C=C/[C@@H](C)[C@H](O)C[C@H](CC(=O)O)C/C=C/C(=O)O1)=C\c1coc(C)n1. The van der Waals surface area contributed by atoms with Gasteiger partial charge in [0.15, 0.2) is 5.89 Å². The number of aliphatic hydroxyl groups is 3. The summed E-state index contributed by atoms with van der Waals surface area (Å²) in [5.74, 6) is -2.25. The number of carboxylic acid groups (broad SMARTS) is 1. The number of esters is 1. The average molecular weight is 600 g/mol. The normalized spacial score (nSPS) is 30.0. The maximum Gasteiger partial charge on any atom is 0.330 e. The van der Waals surface area contributed by atoms with Crippen molar-refractivity contribution in [2.75, 3.05) is 0 Å². The van der Waals surface area contributed by atoms with Crippen LogP contribution in [0.15, 0.2) is 64.4 Å². The highest BCUT2D eigenvalue weighted by Crippen LogP contribution is 2.27. The van der Waals surface area contributed by atoms with Crippen molar-refractivity contribution in [2.45, 2.75) is 98.1 Å². The predicted octanol–water partition coefficient (Wildman–Crippen LogP) is 5.57. The van der Waals surface area contributed by atoms with Gasteiger partial charge in [-0.2, -0.15) is 0 Å². The second-order valence-corrected chi connectivity index (χ2v) is 11.9. The van der Waals surface area contributed by atoms with Crippen molar-refractivity contribution in [1.82, 2.24) is 4.98 Å². The number of allylic oxidation sites excluding steroid dienone is 6. The lowest BCUT2D eigenvalue weighted by Gasteiger charge is -2.31. The molecule has 0 bridgehead atoms. The minimum Gasteiger partial charge on any atom is -0.481 e. The molecule has 9 nitrogen and oxygen atoms in total. The molecule has 0 fully saturated rings. The number of rotatable bonds is 8. The van der Waals surface area contributed by atoms with Gasteiger partial charge in [0, 0.05) is 31.8 Å². The van der Waals surface area contributed by atoms with E-state index in [-0.39, 0.29) is 43.4 Å². The van der Waals surface area contributed by atoms with Gasteiger partial charge < -0.3 is 29.6 Å². The Balaban J connectivity index is 2.22. The molecule has 0 radical (unpaired) electrons. The van der Waals surface area contributed by atoms with E-state index in [1.165, 1.54) is 6.08 Å². The standard InChI is InChI=1S/C34H49NO8/c1-21(16-28-20-42-26(6)35-28)10-7-13-24(4)34(41)25(5)31-19-30(37)23(3)12-8-11-22(2)29(36)17-27(18-32(38)39)14-9-15-33(40)43-31/h7-11,13,15-16,20,22-23,25,27,29-31,34,36-37,41H,12,14,17-19H2,1-6H3,(H,38,39)/b10-7+,11-8+,15-9+,21-16+,24-13+/t22-,23-,25+,27-,29-,30+,31?,34+/m1/s1. The second-order valence-electron chi connectivity index (χ2n) is 11.9. The molecule has 0 aromatic carbocycles. The number of nitrogens with zero attached hydrogens (tertiary/aromatic N) is 1. The fourth-order valence-electron chi connectivity index (χ4n) is 5.04. The van der Waals surface area contributed by atoms with Gasteiger partial charge in [-0.25, -0.2) is 9.78 Å². The molecule has 1 aromatic rings. The van der Waals surface area contributed by atoms with Gasteiger partial charge in [-0.05, 0) is 68.1 Å². The lowest BCUT2D eigenvalue weighted by Crippen LogP contribution is -2.37. The summed E-state index contributed by atoms with van der Waals surface area (Å²) in [7, 11) is 0. The number of aliphatic hydroxyl groups excluding tert-OH is 3. The van der Waals surface area contributed by atoms with Crippen LogP contribution in [0.5, 0.6) is 0 Å². The van der Waals surface area contributed by atoms with E-state index in [9.17, 15) is 30.0 Å². The average Bonchev–Trinajstić information content (AvgIpc) is 3.34. The van der Waals surface area contributed by atoms with Crippen molar-refractivity contribution >= 4 is 18.0 Å². The van der Waals surface area contributed by atoms with E-state index in [1.54, 1.807) is 39.2 Å². The lowest BCUT2D eigenvalue weighted by atomic mass is 9.86. The highest BCUT2D eigenvalue weighted by molar-refractivity contribution is 5.82. The zero-order valence-corrected chi connectivity index (χ0v) is 26.2. The van der Waals surface area contributed by atoms with Crippen LogP contribution in [0.4, 0.5) is 0 Å². The van der Waals surface area contributed by atoms with E-state index in [2.05, 4.69) is 4.98 Å². The molecule has 0 amide bonds. The molecule has 2 rings (SSSR count). The Bertz CT molecular complexity index is 1190. The number of carboxylic acids is 1. The summed E-state index contributed by atoms with van der Waals surface area (Å²) in [6.07, 6.45) is 13.5. The van der Waals surface area contributed by atoms with E-state index in [1.807, 2.05) is 51.2 Å². The number of carbonyl (C=O) groups excluding carboxylic acids is 1. The lowest BCUT2D eigenvalue weighted by molar-refractivity contribution is -0.149. The summed E-state index contributed by atoms with van der Waals surface area (Å²) in [6, 6.07) is 0. The van der Waals surface area contributed by atoms with Gasteiger partial charge in [-0.15, -0.1) is 0 Å². The van der Waals surface area contributed by atoms with Crippen LogP contribution in [0, 0.1) is 30.6 Å². The van der Waals surface area contributed by atoms with Gasteiger partial charge in [-0.1, -0.05) is 57.2 Å². The number of carbonyl (C=O) groups is 2. The number of cyclic esters (lactones) is 1. The third-order valence-corrected chi connectivity index (χ3v) is 8.00. The van der Waals surface area contributed by atoms with E-state index in [0.29, 0.717) is 17.9 Å². The summed E-state index contributed by atoms with van der Waals surface area (Å²) in [4.78, 5) is 28.5. The molecule has 0 saturated heterocycles. The maximum absolute atomic E-state index is 12.8. The first-order chi connectivity index (χ1) is 20.3. The molecule has 43 heavy (non-hydrogen) atoms. The van der Waals surface area contributed by atoms with Gasteiger partial charge in [0.25, 0.3) is 0 Å². The molecule has 1 aliphatic heterocycles. The van der Waals surface area contributed by atoms with Crippen molar-refractivity contribution in [2.24, 2.45) is 23.7 Å². The summed E-state index contributed by atoms with van der Waals surface area (Å²) in [5.41, 5.74) is 2.33. The number of aliphatic carboxylic acids is 1. The molecule has 2 heterocycles. The van der Waals surface area contributed by atoms with E-state index < -0.39 is 42.3 Å². The number of aromatic nitrogens is 1. The summed E-state index contributed by atoms with van der Waals surface area (Å²) in [6.45, 7) is 11.1. The van der Waals surface area contributed by atoms with E-state index in [0.717, 1.165) is 11.3 Å². The van der Waals surface area contributed by atoms with Crippen LogP contribution in [-0.4, -0.2) is 61.8 Å². The van der Waals surface area contributed by atoms with Crippen molar-refractivity contribution in [3.63, 3.8) is 0 Å². The Hall–Kier alpha value is -3.27. The Kier molecular flexibility index (Phi) is 14.8. The highest BCUT2D eigenvalue weighted by Gasteiger charge is 2.31. The zero-order valence-electron chi connectivity index (χ0n) is 26.2. The van der Waals surface area contributed by atoms with Gasteiger partial charge >= 0.3 is 11.9 Å². The fraction of sp³-hybridized carbons (Fsp3) is 0.559. The number of hydrogen-bond acceptors (Lipinski definition) is 8. The first-order valence-electron chi connectivity index (χ1n) is 15.0. The largest absolute Gasteiger partial charge is 0.481 e. The highest BCUT2D eigenvalue weighted by atomic mass is 16.5. The van der Waals surface area contributed by atoms with Crippen molar-refractivity contribution in [3.05, 3.63) is 71.5 Å². The van der Waals surface area contributed by atoms with Crippen molar-refractivity contribution < 1.29 is 39.2 Å². The third-order valence-electron chi connectivity index (χ3n) is 8.00. The number of oxazole rings is 1. The minimum atomic E-state index is -0.967. The first kappa shape index (κ1) is 35.9. The number of ether oxygens (including phenoxy) is 1. The predicted molar refractivity (Wildman–Crippen MR) is 166 cm³/mol. The van der Waals surface area contributed by atoms with Crippen LogP contribution < -0.4 is 0 Å². The van der Waals surface area contributed by atoms with Gasteiger partial charge in [0.1, 0.15) is 18.1 Å². The Morgan fingerprint density at radius 3 is 2.51 bits per heavy atom. The van der Waals surface area contributed by atoms with Crippen LogP contribution >= 0.6 is 0 Å². The van der Waals surface area contributed by atoms with Gasteiger partial charge in [0.2, 0.25) is 0 Å². The quantitative estimate of drug-likeness (QED) is 0.171. The zero-order chi connectivity index (χ0) is 32.1. The van der Waals surface area contributed by atoms with Crippen LogP contribution in [0.3, 0.4) is 0 Å². The molecular weight excluding hydrogens is 550 g/mol. The minimum absolute atomic E-state index is 0.128. The van der Waals surface area contributed by atoms with Gasteiger partial charge in [-0.3, -0.25) is 4.79 Å². The van der Waals surface area contributed by atoms with E-state index in [4.69, 9.17) is 9.15 Å². The summed E-state index contributed by atoms with van der Waals surface area (Å²) < 4.78 is 11.0. The Morgan fingerprint density at radius 1 is 1.14 bits per heavy atom. The number of hydrogen-bond donors (Lipinski definition) is 4. The van der Waals surface area contributed by atoms with E-state index >= 15 is 0 Å².